The van der Waals surface area contributed by atoms with Gasteiger partial charge in [-0.2, -0.15) is 0 Å². The summed E-state index contributed by atoms with van der Waals surface area (Å²) in [5.41, 5.74) is 11.0. The molecule has 0 saturated heterocycles. The summed E-state index contributed by atoms with van der Waals surface area (Å²) < 4.78 is 0. The number of benzene rings is 3. The van der Waals surface area contributed by atoms with E-state index in [1.165, 1.54) is 27.5 Å². The Kier molecular flexibility index (Phi) is 3.32. The number of hydrogen-bond donors (Lipinski definition) is 1. The van der Waals surface area contributed by atoms with Crippen LogP contribution in [0.1, 0.15) is 16.7 Å². The topological polar surface area (TPSA) is 29.3 Å². The maximum atomic E-state index is 5.89. The lowest BCUT2D eigenvalue weighted by atomic mass is 9.98. The molecule has 0 saturated carbocycles. The summed E-state index contributed by atoms with van der Waals surface area (Å²) in [5, 5.41) is 2.69. The lowest BCUT2D eigenvalue weighted by Crippen LogP contribution is -2.30. The van der Waals surface area contributed by atoms with E-state index in [-0.39, 0.29) is 0 Å². The van der Waals surface area contributed by atoms with Crippen molar-refractivity contribution in [1.82, 2.24) is 4.90 Å². The first-order chi connectivity index (χ1) is 10.8. The van der Waals surface area contributed by atoms with Crippen molar-refractivity contribution in [2.45, 2.75) is 19.5 Å². The highest BCUT2D eigenvalue weighted by atomic mass is 15.1. The fourth-order valence-electron chi connectivity index (χ4n) is 3.44. The fourth-order valence-corrected chi connectivity index (χ4v) is 3.44. The van der Waals surface area contributed by atoms with Crippen molar-refractivity contribution in [3.63, 3.8) is 0 Å². The molecule has 0 bridgehead atoms. The van der Waals surface area contributed by atoms with Gasteiger partial charge >= 0.3 is 0 Å². The molecule has 1 aliphatic rings. The zero-order valence-corrected chi connectivity index (χ0v) is 12.6. The average molecular weight is 288 g/mol. The lowest BCUT2D eigenvalue weighted by molar-refractivity contribution is 0.246. The van der Waals surface area contributed by atoms with Crippen molar-refractivity contribution >= 4 is 16.5 Å². The molecule has 2 nitrogen and oxygen atoms in total. The molecule has 1 aliphatic heterocycles. The lowest BCUT2D eigenvalue weighted by Gasteiger charge is -2.29. The summed E-state index contributed by atoms with van der Waals surface area (Å²) in [6.45, 7) is 3.11. The third-order valence-electron chi connectivity index (χ3n) is 4.60. The van der Waals surface area contributed by atoms with Gasteiger partial charge in [-0.05, 0) is 46.0 Å². The minimum Gasteiger partial charge on any atom is -0.399 e. The van der Waals surface area contributed by atoms with E-state index < -0.39 is 0 Å². The van der Waals surface area contributed by atoms with E-state index in [1.807, 2.05) is 6.07 Å². The number of hydrogen-bond acceptors (Lipinski definition) is 2. The highest BCUT2D eigenvalue weighted by Gasteiger charge is 2.17. The van der Waals surface area contributed by atoms with E-state index in [9.17, 15) is 0 Å². The maximum absolute atomic E-state index is 5.89. The quantitative estimate of drug-likeness (QED) is 0.723. The van der Waals surface area contributed by atoms with Crippen molar-refractivity contribution in [2.75, 3.05) is 12.3 Å². The van der Waals surface area contributed by atoms with Crippen molar-refractivity contribution < 1.29 is 0 Å². The molecule has 0 spiro atoms. The molecule has 0 unspecified atom stereocenters. The van der Waals surface area contributed by atoms with Gasteiger partial charge in [-0.1, -0.05) is 48.5 Å². The Labute approximate surface area is 131 Å². The summed E-state index contributed by atoms with van der Waals surface area (Å²) >= 11 is 0. The average Bonchev–Trinajstić information content (AvgIpc) is 2.55. The van der Waals surface area contributed by atoms with Crippen LogP contribution in [0.5, 0.6) is 0 Å². The van der Waals surface area contributed by atoms with Crippen LogP contribution in [0.25, 0.3) is 10.8 Å². The van der Waals surface area contributed by atoms with E-state index in [0.717, 1.165) is 31.7 Å². The summed E-state index contributed by atoms with van der Waals surface area (Å²) in [6.07, 6.45) is 1.09. The molecule has 0 atom stereocenters. The highest BCUT2D eigenvalue weighted by molar-refractivity contribution is 5.85. The van der Waals surface area contributed by atoms with Crippen LogP contribution in [-0.4, -0.2) is 11.4 Å². The first kappa shape index (κ1) is 13.4. The number of fused-ring (bicyclic) bond motifs is 2. The van der Waals surface area contributed by atoms with Gasteiger partial charge in [0.25, 0.3) is 0 Å². The molecule has 4 rings (SSSR count). The van der Waals surface area contributed by atoms with Crippen LogP contribution in [-0.2, 0) is 19.5 Å². The monoisotopic (exact) mass is 288 g/mol. The molecule has 22 heavy (non-hydrogen) atoms. The first-order valence-corrected chi connectivity index (χ1v) is 7.86. The third-order valence-corrected chi connectivity index (χ3v) is 4.60. The van der Waals surface area contributed by atoms with Gasteiger partial charge in [-0.25, -0.2) is 0 Å². The first-order valence-electron chi connectivity index (χ1n) is 7.86. The second-order valence-corrected chi connectivity index (χ2v) is 6.13. The highest BCUT2D eigenvalue weighted by Crippen LogP contribution is 2.25. The van der Waals surface area contributed by atoms with Crippen LogP contribution >= 0.6 is 0 Å². The Morgan fingerprint density at radius 1 is 0.909 bits per heavy atom. The molecule has 0 amide bonds. The molecule has 0 fully saturated rings. The van der Waals surface area contributed by atoms with E-state index >= 15 is 0 Å². The van der Waals surface area contributed by atoms with Crippen LogP contribution in [0.3, 0.4) is 0 Å². The minimum absolute atomic E-state index is 0.876. The molecule has 1 heterocycles. The van der Waals surface area contributed by atoms with Crippen LogP contribution in [0.4, 0.5) is 5.69 Å². The Morgan fingerprint density at radius 2 is 1.77 bits per heavy atom. The maximum Gasteiger partial charge on any atom is 0.0316 e. The predicted molar refractivity (Wildman–Crippen MR) is 92.6 cm³/mol. The summed E-state index contributed by atoms with van der Waals surface area (Å²) in [6, 6.07) is 21.6. The van der Waals surface area contributed by atoms with E-state index in [2.05, 4.69) is 59.5 Å². The van der Waals surface area contributed by atoms with Crippen molar-refractivity contribution in [2.24, 2.45) is 0 Å². The van der Waals surface area contributed by atoms with Gasteiger partial charge in [0.05, 0.1) is 0 Å². The largest absolute Gasteiger partial charge is 0.399 e. The molecule has 0 aromatic heterocycles. The normalized spacial score (nSPS) is 14.9. The molecular weight excluding hydrogens is 268 g/mol. The van der Waals surface area contributed by atoms with Gasteiger partial charge in [0.15, 0.2) is 0 Å². The zero-order valence-electron chi connectivity index (χ0n) is 12.6. The number of nitrogen functional groups attached to an aromatic ring is 1. The molecule has 3 aromatic rings. The van der Waals surface area contributed by atoms with E-state index in [1.54, 1.807) is 0 Å². The van der Waals surface area contributed by atoms with Gasteiger partial charge in [-0.15, -0.1) is 0 Å². The molecular formula is C20H20N2. The molecule has 2 heteroatoms. The SMILES string of the molecule is Nc1ccc2c(c1)CCN(Cc1cccc3ccccc13)C2. The molecule has 110 valence electrons. The Bertz CT molecular complexity index is 818. The second kappa shape index (κ2) is 5.47. The van der Waals surface area contributed by atoms with E-state index in [4.69, 9.17) is 5.73 Å². The molecule has 2 N–H and O–H groups in total. The second-order valence-electron chi connectivity index (χ2n) is 6.13. The number of anilines is 1. The van der Waals surface area contributed by atoms with Gasteiger partial charge in [0.2, 0.25) is 0 Å². The Balaban J connectivity index is 1.60. The minimum atomic E-state index is 0.876. The van der Waals surface area contributed by atoms with E-state index in [0.29, 0.717) is 0 Å². The number of nitrogens with zero attached hydrogens (tertiary/aromatic N) is 1. The fraction of sp³-hybridized carbons (Fsp3) is 0.200. The molecule has 0 aliphatic carbocycles. The smallest absolute Gasteiger partial charge is 0.0316 e. The van der Waals surface area contributed by atoms with Crippen LogP contribution in [0, 0.1) is 0 Å². The van der Waals surface area contributed by atoms with Gasteiger partial charge in [0, 0.05) is 25.3 Å². The van der Waals surface area contributed by atoms with Crippen LogP contribution < -0.4 is 5.73 Å². The zero-order chi connectivity index (χ0) is 14.9. The standard InChI is InChI=1S/C20H20N2/c21-19-9-8-17-13-22(11-10-16(17)12-19)14-18-6-3-5-15-4-1-2-7-20(15)18/h1-9,12H,10-11,13-14,21H2. The van der Waals surface area contributed by atoms with Crippen molar-refractivity contribution in [1.29, 1.82) is 0 Å². The summed E-state index contributed by atoms with van der Waals surface area (Å²) in [4.78, 5) is 2.53. The Hall–Kier alpha value is -2.32. The van der Waals surface area contributed by atoms with Crippen molar-refractivity contribution in [3.8, 4) is 0 Å². The summed E-state index contributed by atoms with van der Waals surface area (Å²) in [7, 11) is 0. The van der Waals surface area contributed by atoms with Gasteiger partial charge in [-0.3, -0.25) is 4.90 Å². The number of rotatable bonds is 2. The van der Waals surface area contributed by atoms with Gasteiger partial charge in [0.1, 0.15) is 0 Å². The predicted octanol–water partition coefficient (Wildman–Crippen LogP) is 3.98. The van der Waals surface area contributed by atoms with Crippen LogP contribution in [0.15, 0.2) is 60.7 Å². The summed E-state index contributed by atoms with van der Waals surface area (Å²) in [5.74, 6) is 0. The molecule has 3 aromatic carbocycles. The van der Waals surface area contributed by atoms with Gasteiger partial charge < -0.3 is 5.73 Å². The number of nitrogens with two attached hydrogens (primary N) is 1. The Morgan fingerprint density at radius 3 is 2.73 bits per heavy atom. The van der Waals surface area contributed by atoms with Crippen molar-refractivity contribution in [3.05, 3.63) is 77.4 Å². The third kappa shape index (κ3) is 2.46. The molecule has 0 radical (unpaired) electrons. The van der Waals surface area contributed by atoms with Crippen LogP contribution in [0.2, 0.25) is 0 Å².